The Hall–Kier alpha value is -3.23. The van der Waals surface area contributed by atoms with Crippen molar-refractivity contribution in [3.63, 3.8) is 0 Å². The summed E-state index contributed by atoms with van der Waals surface area (Å²) >= 11 is 6.63. The van der Waals surface area contributed by atoms with E-state index < -0.39 is 5.97 Å². The molecule has 0 saturated carbocycles. The zero-order valence-corrected chi connectivity index (χ0v) is 19.9. The van der Waals surface area contributed by atoms with Crippen LogP contribution in [0.4, 0.5) is 0 Å². The Kier molecular flexibility index (Phi) is 6.76. The lowest BCUT2D eigenvalue weighted by Crippen LogP contribution is -2.29. The highest BCUT2D eigenvalue weighted by molar-refractivity contribution is 8.26. The molecule has 8 heteroatoms. The number of para-hydroxylation sites is 1. The SMILES string of the molecule is Cc1ccc(C)c(-c2nn(-c3ccccc3)cc2/C=C2/SC(=S)N(CCCC(=O)O)C2=O)c1. The molecule has 2 aromatic carbocycles. The van der Waals surface area contributed by atoms with Gasteiger partial charge in [0.2, 0.25) is 0 Å². The van der Waals surface area contributed by atoms with Crippen LogP contribution >= 0.6 is 24.0 Å². The van der Waals surface area contributed by atoms with Crippen molar-refractivity contribution in [1.29, 1.82) is 0 Å². The first-order valence-electron chi connectivity index (χ1n) is 10.5. The zero-order chi connectivity index (χ0) is 23.5. The van der Waals surface area contributed by atoms with E-state index in [4.69, 9.17) is 22.4 Å². The van der Waals surface area contributed by atoms with Crippen molar-refractivity contribution in [3.05, 3.63) is 76.3 Å². The number of aryl methyl sites for hydroxylation is 2. The maximum absolute atomic E-state index is 13.0. The summed E-state index contributed by atoms with van der Waals surface area (Å²) in [6, 6.07) is 16.0. The molecular weight excluding hydrogens is 454 g/mol. The van der Waals surface area contributed by atoms with Crippen molar-refractivity contribution in [3.8, 4) is 16.9 Å². The predicted octanol–water partition coefficient (Wildman–Crippen LogP) is 5.22. The fraction of sp³-hybridized carbons (Fsp3) is 0.200. The van der Waals surface area contributed by atoms with Crippen molar-refractivity contribution in [2.24, 2.45) is 0 Å². The van der Waals surface area contributed by atoms with Gasteiger partial charge in [0.15, 0.2) is 0 Å². The van der Waals surface area contributed by atoms with E-state index in [0.29, 0.717) is 22.2 Å². The van der Waals surface area contributed by atoms with Gasteiger partial charge in [-0.3, -0.25) is 14.5 Å². The Bertz CT molecular complexity index is 1270. The predicted molar refractivity (Wildman–Crippen MR) is 135 cm³/mol. The number of carbonyl (C=O) groups is 2. The molecule has 6 nitrogen and oxygen atoms in total. The molecule has 168 valence electrons. The molecule has 0 unspecified atom stereocenters. The number of thioether (sulfide) groups is 1. The maximum Gasteiger partial charge on any atom is 0.303 e. The van der Waals surface area contributed by atoms with Crippen molar-refractivity contribution in [2.75, 3.05) is 6.54 Å². The third-order valence-corrected chi connectivity index (χ3v) is 6.72. The molecule has 1 aromatic heterocycles. The third kappa shape index (κ3) is 5.07. The Morgan fingerprint density at radius 2 is 1.94 bits per heavy atom. The van der Waals surface area contributed by atoms with E-state index in [2.05, 4.69) is 18.2 Å². The first-order chi connectivity index (χ1) is 15.8. The minimum Gasteiger partial charge on any atom is -0.481 e. The second kappa shape index (κ2) is 9.72. The molecule has 1 saturated heterocycles. The lowest BCUT2D eigenvalue weighted by Gasteiger charge is -2.13. The Labute approximate surface area is 201 Å². The standard InChI is InChI=1S/C25H23N3O3S2/c1-16-10-11-17(2)20(13-16)23-18(15-28(26-23)19-7-4-3-5-8-19)14-21-24(31)27(25(32)33-21)12-6-9-22(29)30/h3-5,7-8,10-11,13-15H,6,9,12H2,1-2H3,(H,29,30)/b21-14+. The summed E-state index contributed by atoms with van der Waals surface area (Å²) in [6.45, 7) is 4.38. The van der Waals surface area contributed by atoms with E-state index in [1.807, 2.05) is 61.1 Å². The molecule has 3 aromatic rings. The molecule has 0 bridgehead atoms. The molecule has 4 rings (SSSR count). The number of rotatable bonds is 7. The van der Waals surface area contributed by atoms with Gasteiger partial charge >= 0.3 is 5.97 Å². The number of carboxylic acid groups (broad SMARTS) is 1. The molecule has 1 amide bonds. The summed E-state index contributed by atoms with van der Waals surface area (Å²) in [5.41, 5.74) is 5.75. The van der Waals surface area contributed by atoms with Crippen LogP contribution in [0.2, 0.25) is 0 Å². The van der Waals surface area contributed by atoms with Crippen molar-refractivity contribution in [2.45, 2.75) is 26.7 Å². The van der Waals surface area contributed by atoms with Crippen LogP contribution in [0.5, 0.6) is 0 Å². The highest BCUT2D eigenvalue weighted by atomic mass is 32.2. The van der Waals surface area contributed by atoms with Gasteiger partial charge in [0.25, 0.3) is 5.91 Å². The van der Waals surface area contributed by atoms with Gasteiger partial charge in [-0.25, -0.2) is 4.68 Å². The normalized spacial score (nSPS) is 15.0. The fourth-order valence-electron chi connectivity index (χ4n) is 3.63. The molecule has 0 atom stereocenters. The topological polar surface area (TPSA) is 75.4 Å². The molecule has 1 aliphatic rings. The monoisotopic (exact) mass is 477 g/mol. The molecule has 0 spiro atoms. The Morgan fingerprint density at radius 3 is 2.67 bits per heavy atom. The molecule has 0 radical (unpaired) electrons. The molecule has 1 fully saturated rings. The van der Waals surface area contributed by atoms with Crippen LogP contribution in [0.25, 0.3) is 23.0 Å². The first kappa shape index (κ1) is 22.9. The summed E-state index contributed by atoms with van der Waals surface area (Å²) in [7, 11) is 0. The highest BCUT2D eigenvalue weighted by Crippen LogP contribution is 2.35. The van der Waals surface area contributed by atoms with Crippen LogP contribution in [0.15, 0.2) is 59.6 Å². The van der Waals surface area contributed by atoms with Gasteiger partial charge in [-0.15, -0.1) is 0 Å². The zero-order valence-electron chi connectivity index (χ0n) is 18.3. The summed E-state index contributed by atoms with van der Waals surface area (Å²) in [5, 5.41) is 13.7. The quantitative estimate of drug-likeness (QED) is 0.371. The number of amides is 1. The molecule has 1 aliphatic heterocycles. The first-order valence-corrected chi connectivity index (χ1v) is 11.8. The average molecular weight is 478 g/mol. The van der Waals surface area contributed by atoms with Gasteiger partial charge in [-0.05, 0) is 50.1 Å². The van der Waals surface area contributed by atoms with Crippen LogP contribution in [0.3, 0.4) is 0 Å². The van der Waals surface area contributed by atoms with Gasteiger partial charge in [-0.1, -0.05) is 59.9 Å². The molecular formula is C25H23N3O3S2. The Balaban J connectivity index is 1.74. The van der Waals surface area contributed by atoms with Crippen molar-refractivity contribution in [1.82, 2.24) is 14.7 Å². The lowest BCUT2D eigenvalue weighted by molar-refractivity contribution is -0.137. The highest BCUT2D eigenvalue weighted by Gasteiger charge is 2.32. The van der Waals surface area contributed by atoms with E-state index in [9.17, 15) is 9.59 Å². The second-order valence-electron chi connectivity index (χ2n) is 7.86. The molecule has 0 aliphatic carbocycles. The number of benzene rings is 2. The van der Waals surface area contributed by atoms with E-state index >= 15 is 0 Å². The van der Waals surface area contributed by atoms with Gasteiger partial charge in [0.05, 0.1) is 10.6 Å². The lowest BCUT2D eigenvalue weighted by atomic mass is 10.0. The van der Waals surface area contributed by atoms with Crippen LogP contribution < -0.4 is 0 Å². The summed E-state index contributed by atoms with van der Waals surface area (Å²) < 4.78 is 2.26. The maximum atomic E-state index is 13.0. The minimum absolute atomic E-state index is 0.00324. The van der Waals surface area contributed by atoms with Crippen LogP contribution in [-0.4, -0.2) is 42.5 Å². The summed E-state index contributed by atoms with van der Waals surface area (Å²) in [4.78, 5) is 25.8. The summed E-state index contributed by atoms with van der Waals surface area (Å²) in [5.74, 6) is -1.09. The van der Waals surface area contributed by atoms with Crippen molar-refractivity contribution < 1.29 is 14.7 Å². The third-order valence-electron chi connectivity index (χ3n) is 5.34. The van der Waals surface area contributed by atoms with Gasteiger partial charge in [-0.2, -0.15) is 5.10 Å². The van der Waals surface area contributed by atoms with E-state index in [0.717, 1.165) is 33.6 Å². The molecule has 33 heavy (non-hydrogen) atoms. The number of hydrogen-bond acceptors (Lipinski definition) is 5. The number of aliphatic carboxylic acids is 1. The largest absolute Gasteiger partial charge is 0.481 e. The van der Waals surface area contributed by atoms with E-state index in [-0.39, 0.29) is 12.3 Å². The van der Waals surface area contributed by atoms with Crippen molar-refractivity contribution >= 4 is 46.3 Å². The molecule has 1 N–H and O–H groups in total. The average Bonchev–Trinajstić information content (AvgIpc) is 3.32. The van der Waals surface area contributed by atoms with Gasteiger partial charge < -0.3 is 5.11 Å². The number of hydrogen-bond donors (Lipinski definition) is 1. The number of thiocarbonyl (C=S) groups is 1. The van der Waals surface area contributed by atoms with Gasteiger partial charge in [0, 0.05) is 30.3 Å². The second-order valence-corrected chi connectivity index (χ2v) is 9.54. The van der Waals surface area contributed by atoms with E-state index in [1.165, 1.54) is 16.7 Å². The fourth-order valence-corrected chi connectivity index (χ4v) is 4.93. The van der Waals surface area contributed by atoms with Crippen LogP contribution in [0, 0.1) is 13.8 Å². The number of carbonyl (C=O) groups excluding carboxylic acids is 1. The Morgan fingerprint density at radius 1 is 1.18 bits per heavy atom. The minimum atomic E-state index is -0.887. The number of nitrogens with zero attached hydrogens (tertiary/aromatic N) is 3. The van der Waals surface area contributed by atoms with Crippen LogP contribution in [-0.2, 0) is 9.59 Å². The smallest absolute Gasteiger partial charge is 0.303 e. The number of carboxylic acids is 1. The van der Waals surface area contributed by atoms with E-state index in [1.54, 1.807) is 0 Å². The summed E-state index contributed by atoms with van der Waals surface area (Å²) in [6.07, 6.45) is 4.11. The van der Waals surface area contributed by atoms with Crippen LogP contribution in [0.1, 0.15) is 29.5 Å². The number of aromatic nitrogens is 2. The molecule has 2 heterocycles. The van der Waals surface area contributed by atoms with Gasteiger partial charge in [0.1, 0.15) is 10.0 Å².